The first kappa shape index (κ1) is 19.3. The summed E-state index contributed by atoms with van der Waals surface area (Å²) in [5.74, 6) is -1.72. The molecule has 0 aliphatic carbocycles. The van der Waals surface area contributed by atoms with Gasteiger partial charge in [0.1, 0.15) is 16.8 Å². The molecule has 0 saturated carbocycles. The Morgan fingerprint density at radius 1 is 1.28 bits per heavy atom. The number of halogens is 1. The van der Waals surface area contributed by atoms with Gasteiger partial charge >= 0.3 is 0 Å². The first-order valence-corrected chi connectivity index (χ1v) is 9.52. The van der Waals surface area contributed by atoms with Gasteiger partial charge in [-0.1, -0.05) is 26.0 Å². The number of hydrogen-bond donors (Lipinski definition) is 2. The molecule has 0 radical (unpaired) electrons. The van der Waals surface area contributed by atoms with Crippen LogP contribution in [0.3, 0.4) is 0 Å². The van der Waals surface area contributed by atoms with Gasteiger partial charge in [0.15, 0.2) is 0 Å². The van der Waals surface area contributed by atoms with Gasteiger partial charge in [0.2, 0.25) is 15.9 Å². The van der Waals surface area contributed by atoms with Crippen molar-refractivity contribution >= 4 is 21.8 Å². The summed E-state index contributed by atoms with van der Waals surface area (Å²) in [7, 11) is -4.14. The molecule has 1 aliphatic rings. The number of carbonyl (C=O) groups is 2. The van der Waals surface area contributed by atoms with Crippen LogP contribution in [0.15, 0.2) is 29.2 Å². The molecular weight excluding hydrogens is 349 g/mol. The maximum Gasteiger partial charge on any atom is 0.256 e. The van der Waals surface area contributed by atoms with E-state index in [2.05, 4.69) is 10.9 Å². The van der Waals surface area contributed by atoms with Crippen LogP contribution in [0, 0.1) is 11.7 Å². The highest BCUT2D eigenvalue weighted by atomic mass is 32.2. The number of carbonyl (C=O) groups excluding carboxylic acids is 2. The zero-order chi connectivity index (χ0) is 18.6. The lowest BCUT2D eigenvalue weighted by Gasteiger charge is -2.23. The van der Waals surface area contributed by atoms with E-state index in [1.54, 1.807) is 0 Å². The van der Waals surface area contributed by atoms with Crippen LogP contribution in [0.5, 0.6) is 0 Å². The summed E-state index contributed by atoms with van der Waals surface area (Å²) in [6.45, 7) is 3.84. The molecule has 1 saturated heterocycles. The maximum atomic E-state index is 13.9. The number of hydrazine groups is 1. The first-order chi connectivity index (χ1) is 11.7. The topological polar surface area (TPSA) is 95.6 Å². The Kier molecular flexibility index (Phi) is 6.12. The van der Waals surface area contributed by atoms with E-state index in [0.29, 0.717) is 12.8 Å². The van der Waals surface area contributed by atoms with Crippen molar-refractivity contribution < 1.29 is 22.4 Å². The highest BCUT2D eigenvalue weighted by Gasteiger charge is 2.40. The van der Waals surface area contributed by atoms with E-state index in [1.165, 1.54) is 18.2 Å². The quantitative estimate of drug-likeness (QED) is 0.760. The molecule has 2 amide bonds. The average molecular weight is 371 g/mol. The number of amides is 2. The van der Waals surface area contributed by atoms with Crippen LogP contribution in [0.4, 0.5) is 4.39 Å². The first-order valence-electron chi connectivity index (χ1n) is 8.08. The van der Waals surface area contributed by atoms with E-state index in [1.807, 2.05) is 13.8 Å². The molecule has 0 bridgehead atoms. The number of hydrogen-bond acceptors (Lipinski definition) is 4. The second-order valence-corrected chi connectivity index (χ2v) is 8.20. The minimum atomic E-state index is -4.14. The van der Waals surface area contributed by atoms with Crippen molar-refractivity contribution in [1.82, 2.24) is 15.2 Å². The summed E-state index contributed by atoms with van der Waals surface area (Å²) in [5, 5.41) is 0. The van der Waals surface area contributed by atoms with Gasteiger partial charge in [-0.3, -0.25) is 20.4 Å². The SMILES string of the molecule is CC(C)CC(=O)NNC(=O)[C@H]1CCCN1S(=O)(=O)c1ccccc1F. The van der Waals surface area contributed by atoms with E-state index in [4.69, 9.17) is 0 Å². The third kappa shape index (κ3) is 4.55. The third-order valence-electron chi connectivity index (χ3n) is 3.85. The smallest absolute Gasteiger partial charge is 0.256 e. The van der Waals surface area contributed by atoms with Gasteiger partial charge in [-0.05, 0) is 30.9 Å². The van der Waals surface area contributed by atoms with Crippen molar-refractivity contribution in [3.8, 4) is 0 Å². The largest absolute Gasteiger partial charge is 0.273 e. The molecule has 0 aromatic heterocycles. The van der Waals surface area contributed by atoms with Gasteiger partial charge in [-0.2, -0.15) is 4.31 Å². The predicted molar refractivity (Wildman–Crippen MR) is 89.1 cm³/mol. The standard InChI is InChI=1S/C16H22FN3O4S/c1-11(2)10-15(21)18-19-16(22)13-7-5-9-20(13)25(23,24)14-8-4-3-6-12(14)17/h3-4,6,8,11,13H,5,7,9-10H2,1-2H3,(H,18,21)(H,19,22)/t13-/m1/s1. The molecule has 7 nitrogen and oxygen atoms in total. The van der Waals surface area contributed by atoms with E-state index in [9.17, 15) is 22.4 Å². The van der Waals surface area contributed by atoms with Crippen LogP contribution in [-0.2, 0) is 19.6 Å². The molecule has 0 unspecified atom stereocenters. The summed E-state index contributed by atoms with van der Waals surface area (Å²) < 4.78 is 40.2. The third-order valence-corrected chi connectivity index (χ3v) is 5.79. The Bertz CT molecular complexity index is 752. The van der Waals surface area contributed by atoms with Crippen LogP contribution in [0.25, 0.3) is 0 Å². The average Bonchev–Trinajstić information content (AvgIpc) is 3.02. The van der Waals surface area contributed by atoms with Gasteiger partial charge in [-0.25, -0.2) is 12.8 Å². The molecule has 1 heterocycles. The van der Waals surface area contributed by atoms with Gasteiger partial charge in [0.05, 0.1) is 0 Å². The minimum Gasteiger partial charge on any atom is -0.273 e. The minimum absolute atomic E-state index is 0.120. The molecule has 2 rings (SSSR count). The van der Waals surface area contributed by atoms with Crippen LogP contribution in [-0.4, -0.2) is 37.1 Å². The Hall–Kier alpha value is -2.00. The highest BCUT2D eigenvalue weighted by molar-refractivity contribution is 7.89. The zero-order valence-electron chi connectivity index (χ0n) is 14.2. The van der Waals surface area contributed by atoms with Crippen molar-refractivity contribution in [2.75, 3.05) is 6.54 Å². The van der Waals surface area contributed by atoms with Gasteiger partial charge in [0, 0.05) is 13.0 Å². The zero-order valence-corrected chi connectivity index (χ0v) is 15.0. The molecule has 1 aromatic carbocycles. The molecule has 1 fully saturated rings. The van der Waals surface area contributed by atoms with Crippen molar-refractivity contribution in [2.24, 2.45) is 5.92 Å². The second-order valence-electron chi connectivity index (χ2n) is 6.34. The van der Waals surface area contributed by atoms with Crippen molar-refractivity contribution in [3.05, 3.63) is 30.1 Å². The Labute approximate surface area is 146 Å². The van der Waals surface area contributed by atoms with Crippen LogP contribution in [0.1, 0.15) is 33.1 Å². The lowest BCUT2D eigenvalue weighted by atomic mass is 10.1. The molecule has 9 heteroatoms. The van der Waals surface area contributed by atoms with E-state index < -0.39 is 32.7 Å². The summed E-state index contributed by atoms with van der Waals surface area (Å²) in [5.41, 5.74) is 4.54. The molecule has 1 atom stereocenters. The molecule has 1 aliphatic heterocycles. The summed E-state index contributed by atoms with van der Waals surface area (Å²) >= 11 is 0. The molecule has 25 heavy (non-hydrogen) atoms. The van der Waals surface area contributed by atoms with Crippen LogP contribution >= 0.6 is 0 Å². The number of benzene rings is 1. The number of nitrogens with one attached hydrogen (secondary N) is 2. The van der Waals surface area contributed by atoms with Gasteiger partial charge in [0.25, 0.3) is 5.91 Å². The van der Waals surface area contributed by atoms with Crippen LogP contribution < -0.4 is 10.9 Å². The highest BCUT2D eigenvalue weighted by Crippen LogP contribution is 2.27. The van der Waals surface area contributed by atoms with Gasteiger partial charge < -0.3 is 0 Å². The lowest BCUT2D eigenvalue weighted by molar-refractivity contribution is -0.131. The molecule has 0 spiro atoms. The maximum absolute atomic E-state index is 13.9. The Morgan fingerprint density at radius 2 is 1.96 bits per heavy atom. The lowest BCUT2D eigenvalue weighted by Crippen LogP contribution is -2.51. The Morgan fingerprint density at radius 3 is 2.60 bits per heavy atom. The van der Waals surface area contributed by atoms with E-state index in [0.717, 1.165) is 10.4 Å². The fourth-order valence-corrected chi connectivity index (χ4v) is 4.43. The Balaban J connectivity index is 2.10. The predicted octanol–water partition coefficient (Wildman–Crippen LogP) is 1.17. The molecule has 2 N–H and O–H groups in total. The molecule has 1 aromatic rings. The van der Waals surface area contributed by atoms with Gasteiger partial charge in [-0.15, -0.1) is 0 Å². The van der Waals surface area contributed by atoms with E-state index >= 15 is 0 Å². The summed E-state index contributed by atoms with van der Waals surface area (Å²) in [6.07, 6.45) is 1.02. The molecular formula is C16H22FN3O4S. The monoisotopic (exact) mass is 371 g/mol. The summed E-state index contributed by atoms with van der Waals surface area (Å²) in [4.78, 5) is 23.4. The normalized spacial score (nSPS) is 18.3. The summed E-state index contributed by atoms with van der Waals surface area (Å²) in [6, 6.07) is 4.07. The fourth-order valence-electron chi connectivity index (χ4n) is 2.71. The van der Waals surface area contributed by atoms with Crippen LogP contribution in [0.2, 0.25) is 0 Å². The number of nitrogens with zero attached hydrogens (tertiary/aromatic N) is 1. The van der Waals surface area contributed by atoms with Crippen molar-refractivity contribution in [2.45, 2.75) is 44.0 Å². The number of rotatable bonds is 5. The van der Waals surface area contributed by atoms with Crippen molar-refractivity contribution in [1.29, 1.82) is 0 Å². The second kappa shape index (κ2) is 7.92. The van der Waals surface area contributed by atoms with Crippen molar-refractivity contribution in [3.63, 3.8) is 0 Å². The number of sulfonamides is 1. The fraction of sp³-hybridized carbons (Fsp3) is 0.500. The van der Waals surface area contributed by atoms with E-state index in [-0.39, 0.29) is 24.8 Å². The molecule has 138 valence electrons.